The van der Waals surface area contributed by atoms with E-state index in [2.05, 4.69) is 15.0 Å². The lowest BCUT2D eigenvalue weighted by Gasteiger charge is -2.35. The van der Waals surface area contributed by atoms with Crippen LogP contribution in [0.5, 0.6) is 0 Å². The van der Waals surface area contributed by atoms with E-state index in [4.69, 9.17) is 9.15 Å². The van der Waals surface area contributed by atoms with E-state index in [0.29, 0.717) is 31.2 Å². The average Bonchev–Trinajstić information content (AvgIpc) is 2.99. The molecule has 1 atom stereocenters. The Labute approximate surface area is 128 Å². The number of ether oxygens (including phenoxy) is 1. The maximum Gasteiger partial charge on any atom is 0.291 e. The molecule has 1 amide bonds. The standard InChI is InChI=1S/C15H18N4O3/c1-11-14(22-10-18-11)15(20)19-6-7-21-9-13(19)3-2-12-8-16-4-5-17-12/h4-5,8,10,13H,2-3,6-7,9H2,1H3. The number of oxazole rings is 1. The first kappa shape index (κ1) is 14.6. The highest BCUT2D eigenvalue weighted by molar-refractivity contribution is 5.92. The van der Waals surface area contributed by atoms with Crippen molar-refractivity contribution >= 4 is 5.91 Å². The quantitative estimate of drug-likeness (QED) is 0.845. The Bertz CT molecular complexity index is 629. The number of hydrogen-bond donors (Lipinski definition) is 0. The molecule has 0 saturated carbocycles. The molecule has 1 saturated heterocycles. The first-order valence-electron chi connectivity index (χ1n) is 7.29. The van der Waals surface area contributed by atoms with Crippen molar-refractivity contribution < 1.29 is 13.9 Å². The van der Waals surface area contributed by atoms with Gasteiger partial charge in [-0.2, -0.15) is 0 Å². The van der Waals surface area contributed by atoms with Crippen molar-refractivity contribution in [2.45, 2.75) is 25.8 Å². The molecule has 1 aliphatic rings. The Hall–Kier alpha value is -2.28. The highest BCUT2D eigenvalue weighted by Gasteiger charge is 2.30. The largest absolute Gasteiger partial charge is 0.438 e. The van der Waals surface area contributed by atoms with E-state index in [1.807, 2.05) is 4.90 Å². The number of carbonyl (C=O) groups is 1. The summed E-state index contributed by atoms with van der Waals surface area (Å²) in [5.74, 6) is 0.189. The summed E-state index contributed by atoms with van der Waals surface area (Å²) in [6.45, 7) is 3.40. The number of rotatable bonds is 4. The van der Waals surface area contributed by atoms with Crippen molar-refractivity contribution in [1.82, 2.24) is 19.9 Å². The van der Waals surface area contributed by atoms with Gasteiger partial charge in [0.25, 0.3) is 5.91 Å². The molecule has 0 aliphatic carbocycles. The van der Waals surface area contributed by atoms with Gasteiger partial charge in [0.2, 0.25) is 5.76 Å². The van der Waals surface area contributed by atoms with Crippen LogP contribution in [0.1, 0.15) is 28.4 Å². The van der Waals surface area contributed by atoms with E-state index >= 15 is 0 Å². The molecule has 0 N–H and O–H groups in total. The van der Waals surface area contributed by atoms with Crippen LogP contribution in [-0.2, 0) is 11.2 Å². The van der Waals surface area contributed by atoms with Crippen LogP contribution in [0.25, 0.3) is 0 Å². The fourth-order valence-corrected chi connectivity index (χ4v) is 2.57. The summed E-state index contributed by atoms with van der Waals surface area (Å²) in [5, 5.41) is 0. The Morgan fingerprint density at radius 2 is 2.32 bits per heavy atom. The Morgan fingerprint density at radius 3 is 3.05 bits per heavy atom. The maximum atomic E-state index is 12.6. The summed E-state index contributed by atoms with van der Waals surface area (Å²) < 4.78 is 10.7. The van der Waals surface area contributed by atoms with Gasteiger partial charge >= 0.3 is 0 Å². The molecule has 3 rings (SSSR count). The van der Waals surface area contributed by atoms with Crippen LogP contribution >= 0.6 is 0 Å². The third kappa shape index (κ3) is 3.14. The number of amides is 1. The second-order valence-electron chi connectivity index (χ2n) is 5.23. The third-order valence-corrected chi connectivity index (χ3v) is 3.78. The summed E-state index contributed by atoms with van der Waals surface area (Å²) in [4.78, 5) is 26.7. The summed E-state index contributed by atoms with van der Waals surface area (Å²) in [6, 6.07) is 0.00718. The van der Waals surface area contributed by atoms with Crippen molar-refractivity contribution in [3.05, 3.63) is 42.1 Å². The number of aromatic nitrogens is 3. The highest BCUT2D eigenvalue weighted by Crippen LogP contribution is 2.18. The van der Waals surface area contributed by atoms with Gasteiger partial charge in [0.1, 0.15) is 0 Å². The SMILES string of the molecule is Cc1ncoc1C(=O)N1CCOCC1CCc1cnccn1. The molecule has 1 aliphatic heterocycles. The Kier molecular flexibility index (Phi) is 4.43. The minimum atomic E-state index is -0.123. The summed E-state index contributed by atoms with van der Waals surface area (Å²) in [6.07, 6.45) is 7.90. The summed E-state index contributed by atoms with van der Waals surface area (Å²) >= 11 is 0. The van der Waals surface area contributed by atoms with Crippen LogP contribution in [0.4, 0.5) is 0 Å². The normalized spacial score (nSPS) is 18.4. The zero-order valence-corrected chi connectivity index (χ0v) is 12.4. The van der Waals surface area contributed by atoms with Gasteiger partial charge in [-0.3, -0.25) is 14.8 Å². The lowest BCUT2D eigenvalue weighted by Crippen LogP contribution is -2.49. The zero-order chi connectivity index (χ0) is 15.4. The maximum absolute atomic E-state index is 12.6. The van der Waals surface area contributed by atoms with Gasteiger partial charge in [-0.25, -0.2) is 4.98 Å². The lowest BCUT2D eigenvalue weighted by atomic mass is 10.1. The van der Waals surface area contributed by atoms with Gasteiger partial charge in [0.05, 0.1) is 30.6 Å². The topological polar surface area (TPSA) is 81.4 Å². The van der Waals surface area contributed by atoms with Crippen LogP contribution in [0, 0.1) is 6.92 Å². The van der Waals surface area contributed by atoms with Crippen LogP contribution in [0.3, 0.4) is 0 Å². The van der Waals surface area contributed by atoms with Gasteiger partial charge in [-0.05, 0) is 19.8 Å². The molecule has 0 radical (unpaired) electrons. The lowest BCUT2D eigenvalue weighted by molar-refractivity contribution is -0.00570. The molecule has 2 aromatic heterocycles. The Morgan fingerprint density at radius 1 is 1.41 bits per heavy atom. The molecule has 1 fully saturated rings. The predicted octanol–water partition coefficient (Wildman–Crippen LogP) is 1.25. The fourth-order valence-electron chi connectivity index (χ4n) is 2.57. The number of nitrogens with zero attached hydrogens (tertiary/aromatic N) is 4. The number of carbonyl (C=O) groups excluding carboxylic acids is 1. The minimum Gasteiger partial charge on any atom is -0.438 e. The van der Waals surface area contributed by atoms with Crippen molar-refractivity contribution in [2.75, 3.05) is 19.8 Å². The minimum absolute atomic E-state index is 0.00718. The second-order valence-corrected chi connectivity index (χ2v) is 5.23. The summed E-state index contributed by atoms with van der Waals surface area (Å²) in [7, 11) is 0. The predicted molar refractivity (Wildman–Crippen MR) is 77.2 cm³/mol. The third-order valence-electron chi connectivity index (χ3n) is 3.78. The molecule has 3 heterocycles. The van der Waals surface area contributed by atoms with Crippen LogP contribution in [-0.4, -0.2) is 51.6 Å². The van der Waals surface area contributed by atoms with Gasteiger partial charge in [-0.15, -0.1) is 0 Å². The van der Waals surface area contributed by atoms with E-state index in [1.165, 1.54) is 6.39 Å². The van der Waals surface area contributed by atoms with Crippen molar-refractivity contribution in [3.8, 4) is 0 Å². The molecule has 22 heavy (non-hydrogen) atoms. The van der Waals surface area contributed by atoms with Gasteiger partial charge in [0.15, 0.2) is 6.39 Å². The van der Waals surface area contributed by atoms with E-state index < -0.39 is 0 Å². The molecular formula is C15H18N4O3. The van der Waals surface area contributed by atoms with Crippen molar-refractivity contribution in [2.24, 2.45) is 0 Å². The molecule has 7 nitrogen and oxygen atoms in total. The molecule has 1 unspecified atom stereocenters. The summed E-state index contributed by atoms with van der Waals surface area (Å²) in [5.41, 5.74) is 1.53. The van der Waals surface area contributed by atoms with E-state index in [1.54, 1.807) is 25.5 Å². The molecule has 116 valence electrons. The smallest absolute Gasteiger partial charge is 0.291 e. The molecule has 7 heteroatoms. The van der Waals surface area contributed by atoms with Crippen LogP contribution in [0.2, 0.25) is 0 Å². The molecular weight excluding hydrogens is 284 g/mol. The molecule has 2 aromatic rings. The van der Waals surface area contributed by atoms with Crippen LogP contribution < -0.4 is 0 Å². The first-order chi connectivity index (χ1) is 10.8. The monoisotopic (exact) mass is 302 g/mol. The first-order valence-corrected chi connectivity index (χ1v) is 7.29. The van der Waals surface area contributed by atoms with E-state index in [-0.39, 0.29) is 11.9 Å². The van der Waals surface area contributed by atoms with Gasteiger partial charge < -0.3 is 14.1 Å². The van der Waals surface area contributed by atoms with Crippen molar-refractivity contribution in [3.63, 3.8) is 0 Å². The Balaban J connectivity index is 1.69. The number of hydrogen-bond acceptors (Lipinski definition) is 6. The van der Waals surface area contributed by atoms with E-state index in [0.717, 1.165) is 18.5 Å². The highest BCUT2D eigenvalue weighted by atomic mass is 16.5. The molecule has 0 bridgehead atoms. The zero-order valence-electron chi connectivity index (χ0n) is 12.4. The second kappa shape index (κ2) is 6.65. The van der Waals surface area contributed by atoms with Crippen molar-refractivity contribution in [1.29, 1.82) is 0 Å². The van der Waals surface area contributed by atoms with Crippen LogP contribution in [0.15, 0.2) is 29.4 Å². The van der Waals surface area contributed by atoms with Gasteiger partial charge in [0, 0.05) is 25.1 Å². The number of morpholine rings is 1. The average molecular weight is 302 g/mol. The van der Waals surface area contributed by atoms with Gasteiger partial charge in [-0.1, -0.05) is 0 Å². The fraction of sp³-hybridized carbons (Fsp3) is 0.467. The molecule has 0 aromatic carbocycles. The van der Waals surface area contributed by atoms with E-state index in [9.17, 15) is 4.79 Å². The number of aryl methyl sites for hydroxylation is 2. The molecule has 0 spiro atoms.